The third-order valence-corrected chi connectivity index (χ3v) is 2.83. The van der Waals surface area contributed by atoms with Gasteiger partial charge in [0.25, 0.3) is 5.95 Å². The summed E-state index contributed by atoms with van der Waals surface area (Å²) < 4.78 is 1.42. The molecule has 0 amide bonds. The van der Waals surface area contributed by atoms with E-state index in [4.69, 9.17) is 11.6 Å². The van der Waals surface area contributed by atoms with E-state index in [0.717, 1.165) is 0 Å². The van der Waals surface area contributed by atoms with Crippen molar-refractivity contribution in [2.45, 2.75) is 13.0 Å². The Bertz CT molecular complexity index is 526. The van der Waals surface area contributed by atoms with Crippen LogP contribution in [0.25, 0.3) is 5.95 Å². The number of hydrogen-bond donors (Lipinski definition) is 1. The Labute approximate surface area is 115 Å². The van der Waals surface area contributed by atoms with Gasteiger partial charge in [-0.05, 0) is 32.6 Å². The number of nitrogens with one attached hydrogen (secondary N) is 1. The zero-order valence-electron chi connectivity index (χ0n) is 10.9. The first-order chi connectivity index (χ1) is 9.06. The van der Waals surface area contributed by atoms with E-state index in [-0.39, 0.29) is 5.28 Å². The number of halogens is 1. The number of nitrogens with zero attached hydrogens (tertiary/aromatic N) is 7. The van der Waals surface area contributed by atoms with Gasteiger partial charge in [0.2, 0.25) is 11.2 Å². The summed E-state index contributed by atoms with van der Waals surface area (Å²) in [7, 11) is 4.02. The van der Waals surface area contributed by atoms with Crippen LogP contribution in [0.15, 0.2) is 12.7 Å². The van der Waals surface area contributed by atoms with Gasteiger partial charge in [-0.2, -0.15) is 24.7 Å². The quantitative estimate of drug-likeness (QED) is 0.853. The third kappa shape index (κ3) is 3.58. The summed E-state index contributed by atoms with van der Waals surface area (Å²) in [6.45, 7) is 2.79. The van der Waals surface area contributed by atoms with E-state index in [0.29, 0.717) is 24.5 Å². The Morgan fingerprint density at radius 2 is 2.16 bits per heavy atom. The monoisotopic (exact) mass is 282 g/mol. The van der Waals surface area contributed by atoms with Gasteiger partial charge < -0.3 is 10.2 Å². The smallest absolute Gasteiger partial charge is 0.258 e. The average molecular weight is 283 g/mol. The van der Waals surface area contributed by atoms with E-state index >= 15 is 0 Å². The van der Waals surface area contributed by atoms with E-state index in [9.17, 15) is 0 Å². The van der Waals surface area contributed by atoms with E-state index in [1.165, 1.54) is 17.3 Å². The van der Waals surface area contributed by atoms with Crippen LogP contribution in [0, 0.1) is 0 Å². The lowest BCUT2D eigenvalue weighted by atomic mass is 10.3. The summed E-state index contributed by atoms with van der Waals surface area (Å²) in [5.74, 6) is 0.747. The molecule has 0 radical (unpaired) electrons. The Kier molecular flexibility index (Phi) is 4.23. The molecule has 1 unspecified atom stereocenters. The lowest BCUT2D eigenvalue weighted by molar-refractivity contribution is 0.325. The fraction of sp³-hybridized carbons (Fsp3) is 0.500. The Hall–Kier alpha value is -1.80. The molecule has 0 aliphatic carbocycles. The van der Waals surface area contributed by atoms with Crippen LogP contribution in [0.5, 0.6) is 0 Å². The van der Waals surface area contributed by atoms with Crippen LogP contribution in [0.2, 0.25) is 5.28 Å². The van der Waals surface area contributed by atoms with Gasteiger partial charge in [-0.25, -0.2) is 4.98 Å². The Morgan fingerprint density at radius 3 is 2.79 bits per heavy atom. The predicted octanol–water partition coefficient (Wildman–Crippen LogP) is 0.468. The summed E-state index contributed by atoms with van der Waals surface area (Å²) in [4.78, 5) is 18.2. The standard InChI is InChI=1S/C10H15ClN8/c1-7(18(2)3)4-13-9-15-8(11)16-10(17-9)19-6-12-5-14-19/h5-7H,4H2,1-3H3,(H,13,15,16,17). The van der Waals surface area contributed by atoms with Gasteiger partial charge in [0.15, 0.2) is 0 Å². The van der Waals surface area contributed by atoms with Crippen molar-refractivity contribution in [1.29, 1.82) is 0 Å². The largest absolute Gasteiger partial charge is 0.352 e. The minimum Gasteiger partial charge on any atom is -0.352 e. The second-order valence-electron chi connectivity index (χ2n) is 4.26. The minimum atomic E-state index is 0.112. The highest BCUT2D eigenvalue weighted by Gasteiger charge is 2.09. The lowest BCUT2D eigenvalue weighted by Gasteiger charge is -2.19. The number of likely N-dealkylation sites (N-methyl/N-ethyl adjacent to an activating group) is 1. The first kappa shape index (κ1) is 13.6. The van der Waals surface area contributed by atoms with Gasteiger partial charge >= 0.3 is 0 Å². The molecule has 0 saturated carbocycles. The van der Waals surface area contributed by atoms with Crippen LogP contribution in [0.4, 0.5) is 5.95 Å². The van der Waals surface area contributed by atoms with Crippen molar-refractivity contribution in [3.8, 4) is 5.95 Å². The number of hydrogen-bond acceptors (Lipinski definition) is 7. The van der Waals surface area contributed by atoms with Crippen molar-refractivity contribution in [2.75, 3.05) is 26.0 Å². The van der Waals surface area contributed by atoms with Crippen LogP contribution in [0.1, 0.15) is 6.92 Å². The van der Waals surface area contributed by atoms with E-state index in [1.807, 2.05) is 14.1 Å². The van der Waals surface area contributed by atoms with Crippen molar-refractivity contribution in [3.63, 3.8) is 0 Å². The van der Waals surface area contributed by atoms with Crippen LogP contribution in [-0.4, -0.2) is 61.3 Å². The summed E-state index contributed by atoms with van der Waals surface area (Å²) in [5, 5.41) is 7.18. The lowest BCUT2D eigenvalue weighted by Crippen LogP contribution is -2.32. The molecule has 8 nitrogen and oxygen atoms in total. The van der Waals surface area contributed by atoms with Crippen molar-refractivity contribution in [2.24, 2.45) is 0 Å². The maximum absolute atomic E-state index is 5.87. The Balaban J connectivity index is 2.13. The maximum Gasteiger partial charge on any atom is 0.258 e. The number of anilines is 1. The highest BCUT2D eigenvalue weighted by Crippen LogP contribution is 2.08. The molecule has 0 aliphatic heterocycles. The SMILES string of the molecule is CC(CNc1nc(Cl)nc(-n2cncn2)n1)N(C)C. The van der Waals surface area contributed by atoms with Crippen molar-refractivity contribution >= 4 is 17.5 Å². The molecule has 1 N–H and O–H groups in total. The van der Waals surface area contributed by atoms with E-state index in [2.05, 4.69) is 42.2 Å². The number of aromatic nitrogens is 6. The molecule has 0 spiro atoms. The van der Waals surface area contributed by atoms with Crippen molar-refractivity contribution in [1.82, 2.24) is 34.6 Å². The highest BCUT2D eigenvalue weighted by atomic mass is 35.5. The van der Waals surface area contributed by atoms with Gasteiger partial charge in [-0.1, -0.05) is 0 Å². The van der Waals surface area contributed by atoms with E-state index in [1.54, 1.807) is 0 Å². The van der Waals surface area contributed by atoms with Crippen molar-refractivity contribution < 1.29 is 0 Å². The summed E-state index contributed by atoms with van der Waals surface area (Å²) in [5.41, 5.74) is 0. The van der Waals surface area contributed by atoms with Gasteiger partial charge in [0, 0.05) is 12.6 Å². The van der Waals surface area contributed by atoms with Crippen LogP contribution in [-0.2, 0) is 0 Å². The number of rotatable bonds is 5. The second-order valence-corrected chi connectivity index (χ2v) is 4.60. The topological polar surface area (TPSA) is 84.7 Å². The van der Waals surface area contributed by atoms with Gasteiger partial charge in [0.05, 0.1) is 0 Å². The second kappa shape index (κ2) is 5.89. The first-order valence-electron chi connectivity index (χ1n) is 5.73. The van der Waals surface area contributed by atoms with Gasteiger partial charge in [-0.15, -0.1) is 0 Å². The molecular weight excluding hydrogens is 268 g/mol. The molecule has 2 rings (SSSR count). The van der Waals surface area contributed by atoms with Gasteiger partial charge in [0.1, 0.15) is 12.7 Å². The molecule has 2 aromatic heterocycles. The van der Waals surface area contributed by atoms with Gasteiger partial charge in [-0.3, -0.25) is 0 Å². The maximum atomic E-state index is 5.87. The van der Waals surface area contributed by atoms with Crippen LogP contribution >= 0.6 is 11.6 Å². The molecule has 9 heteroatoms. The molecule has 102 valence electrons. The summed E-state index contributed by atoms with van der Waals surface area (Å²) in [6, 6.07) is 0.338. The first-order valence-corrected chi connectivity index (χ1v) is 6.11. The molecule has 0 aliphatic rings. The predicted molar refractivity (Wildman–Crippen MR) is 71.4 cm³/mol. The summed E-state index contributed by atoms with van der Waals surface area (Å²) in [6.07, 6.45) is 2.90. The van der Waals surface area contributed by atoms with Crippen LogP contribution in [0.3, 0.4) is 0 Å². The zero-order chi connectivity index (χ0) is 13.8. The molecule has 1 atom stereocenters. The van der Waals surface area contributed by atoms with Crippen LogP contribution < -0.4 is 5.32 Å². The molecular formula is C10H15ClN8. The molecule has 2 aromatic rings. The van der Waals surface area contributed by atoms with Crippen molar-refractivity contribution in [3.05, 3.63) is 17.9 Å². The normalized spacial score (nSPS) is 12.7. The Morgan fingerprint density at radius 1 is 1.37 bits per heavy atom. The summed E-state index contributed by atoms with van der Waals surface area (Å²) >= 11 is 5.87. The molecule has 0 aromatic carbocycles. The molecule has 2 heterocycles. The highest BCUT2D eigenvalue weighted by molar-refractivity contribution is 6.28. The molecule has 0 fully saturated rings. The fourth-order valence-electron chi connectivity index (χ4n) is 1.25. The average Bonchev–Trinajstić information content (AvgIpc) is 2.89. The van der Waals surface area contributed by atoms with E-state index < -0.39 is 0 Å². The molecule has 0 saturated heterocycles. The molecule has 0 bridgehead atoms. The minimum absolute atomic E-state index is 0.112. The fourth-order valence-corrected chi connectivity index (χ4v) is 1.41. The zero-order valence-corrected chi connectivity index (χ0v) is 11.7. The third-order valence-electron chi connectivity index (χ3n) is 2.66. The molecule has 19 heavy (non-hydrogen) atoms.